The molecule has 17 heavy (non-hydrogen) atoms. The number of fused-ring (bicyclic) bond motifs is 2. The highest BCUT2D eigenvalue weighted by Crippen LogP contribution is 2.63. The minimum atomic E-state index is -0.0114. The largest absolute Gasteiger partial charge is 0.466 e. The Morgan fingerprint density at radius 2 is 1.94 bits per heavy atom. The quantitative estimate of drug-likeness (QED) is 0.678. The van der Waals surface area contributed by atoms with Gasteiger partial charge in [0.15, 0.2) is 0 Å². The summed E-state index contributed by atoms with van der Waals surface area (Å²) >= 11 is 0. The summed E-state index contributed by atoms with van der Waals surface area (Å²) in [6, 6.07) is 0. The maximum absolute atomic E-state index is 11.6. The number of carbonyl (C=O) groups excluding carboxylic acids is 1. The molecule has 0 radical (unpaired) electrons. The van der Waals surface area contributed by atoms with Crippen molar-refractivity contribution in [3.63, 3.8) is 0 Å². The second-order valence-electron chi connectivity index (χ2n) is 6.68. The van der Waals surface area contributed by atoms with Crippen molar-refractivity contribution in [1.29, 1.82) is 0 Å². The smallest absolute Gasteiger partial charge is 0.308 e. The first-order valence-electron chi connectivity index (χ1n) is 7.15. The van der Waals surface area contributed by atoms with Crippen LogP contribution >= 0.6 is 0 Å². The van der Waals surface area contributed by atoms with E-state index in [2.05, 4.69) is 6.92 Å². The Hall–Kier alpha value is -0.530. The Morgan fingerprint density at radius 1 is 1.29 bits per heavy atom. The number of hydrogen-bond donors (Lipinski definition) is 0. The molecule has 2 heteroatoms. The fourth-order valence-electron chi connectivity index (χ4n) is 3.91. The predicted molar refractivity (Wildman–Crippen MR) is 68.7 cm³/mol. The van der Waals surface area contributed by atoms with Gasteiger partial charge in [-0.25, -0.2) is 0 Å². The van der Waals surface area contributed by atoms with Crippen molar-refractivity contribution in [2.45, 2.75) is 65.7 Å². The molecule has 2 aliphatic carbocycles. The molecule has 2 saturated carbocycles. The van der Waals surface area contributed by atoms with Gasteiger partial charge in [-0.3, -0.25) is 4.79 Å². The molecule has 2 bridgehead atoms. The fourth-order valence-corrected chi connectivity index (χ4v) is 3.91. The van der Waals surface area contributed by atoms with Gasteiger partial charge in [0.2, 0.25) is 0 Å². The summed E-state index contributed by atoms with van der Waals surface area (Å²) in [5, 5.41) is 0. The fraction of sp³-hybridized carbons (Fsp3) is 0.933. The van der Waals surface area contributed by atoms with Gasteiger partial charge in [0.1, 0.15) is 0 Å². The Labute approximate surface area is 105 Å². The summed E-state index contributed by atoms with van der Waals surface area (Å²) in [6.07, 6.45) is 9.21. The van der Waals surface area contributed by atoms with E-state index in [4.69, 9.17) is 4.74 Å². The van der Waals surface area contributed by atoms with Gasteiger partial charge in [0.25, 0.3) is 0 Å². The van der Waals surface area contributed by atoms with Crippen molar-refractivity contribution >= 4 is 5.97 Å². The Bertz CT molecular complexity index is 287. The third-order valence-corrected chi connectivity index (χ3v) is 5.12. The van der Waals surface area contributed by atoms with Crippen LogP contribution in [0, 0.1) is 16.7 Å². The highest BCUT2D eigenvalue weighted by molar-refractivity contribution is 5.71. The zero-order chi connectivity index (χ0) is 12.5. The molecule has 0 aliphatic heterocycles. The molecule has 0 amide bonds. The van der Waals surface area contributed by atoms with Gasteiger partial charge < -0.3 is 4.74 Å². The van der Waals surface area contributed by atoms with Gasteiger partial charge in [-0.05, 0) is 62.7 Å². The van der Waals surface area contributed by atoms with Crippen LogP contribution in [-0.4, -0.2) is 12.6 Å². The topological polar surface area (TPSA) is 26.3 Å². The summed E-state index contributed by atoms with van der Waals surface area (Å²) in [5.74, 6) is 0.0689. The molecule has 0 heterocycles. The first kappa shape index (κ1) is 12.9. The second kappa shape index (κ2) is 4.62. The third-order valence-electron chi connectivity index (χ3n) is 5.12. The lowest BCUT2D eigenvalue weighted by Gasteiger charge is -2.27. The molecule has 2 aliphatic rings. The average molecular weight is 238 g/mol. The van der Waals surface area contributed by atoms with E-state index in [0.717, 1.165) is 6.42 Å². The molecule has 1 unspecified atom stereocenters. The number of carbonyl (C=O) groups is 1. The van der Waals surface area contributed by atoms with Crippen LogP contribution in [0.15, 0.2) is 0 Å². The van der Waals surface area contributed by atoms with Crippen molar-refractivity contribution in [3.05, 3.63) is 0 Å². The van der Waals surface area contributed by atoms with E-state index in [1.165, 1.54) is 38.5 Å². The van der Waals surface area contributed by atoms with Crippen molar-refractivity contribution in [1.82, 2.24) is 0 Å². The monoisotopic (exact) mass is 238 g/mol. The number of rotatable bonds is 5. The van der Waals surface area contributed by atoms with Gasteiger partial charge in [-0.2, -0.15) is 0 Å². The molecular weight excluding hydrogens is 212 g/mol. The van der Waals surface area contributed by atoms with Crippen LogP contribution in [0.2, 0.25) is 0 Å². The predicted octanol–water partition coefficient (Wildman–Crippen LogP) is 3.94. The Balaban J connectivity index is 1.81. The summed E-state index contributed by atoms with van der Waals surface area (Å²) in [5.41, 5.74) is 1.21. The van der Waals surface area contributed by atoms with Gasteiger partial charge in [0, 0.05) is 0 Å². The molecule has 2 rings (SSSR count). The molecule has 0 spiro atoms. The third kappa shape index (κ3) is 2.66. The lowest BCUT2D eigenvalue weighted by molar-refractivity contribution is -0.147. The molecule has 0 saturated heterocycles. The first-order valence-corrected chi connectivity index (χ1v) is 7.15. The van der Waals surface area contributed by atoms with E-state index in [1.807, 2.05) is 13.8 Å². The van der Waals surface area contributed by atoms with Crippen LogP contribution in [0.4, 0.5) is 0 Å². The zero-order valence-corrected chi connectivity index (χ0v) is 11.6. The highest BCUT2D eigenvalue weighted by Gasteiger charge is 2.51. The van der Waals surface area contributed by atoms with Crippen molar-refractivity contribution in [3.8, 4) is 0 Å². The van der Waals surface area contributed by atoms with Crippen LogP contribution in [0.25, 0.3) is 0 Å². The molecule has 0 N–H and O–H groups in total. The number of esters is 1. The minimum absolute atomic E-state index is 0.0114. The van der Waals surface area contributed by atoms with E-state index in [9.17, 15) is 4.79 Å². The maximum Gasteiger partial charge on any atom is 0.308 e. The molecule has 0 aromatic rings. The van der Waals surface area contributed by atoms with Gasteiger partial charge in [-0.15, -0.1) is 0 Å². The van der Waals surface area contributed by atoms with Crippen LogP contribution < -0.4 is 0 Å². The summed E-state index contributed by atoms with van der Waals surface area (Å²) in [6.45, 7) is 6.84. The highest BCUT2D eigenvalue weighted by atomic mass is 16.5. The van der Waals surface area contributed by atoms with E-state index in [0.29, 0.717) is 17.4 Å². The van der Waals surface area contributed by atoms with Gasteiger partial charge >= 0.3 is 5.97 Å². The van der Waals surface area contributed by atoms with Crippen LogP contribution in [-0.2, 0) is 9.53 Å². The van der Waals surface area contributed by atoms with E-state index >= 15 is 0 Å². The first-order chi connectivity index (χ1) is 7.99. The van der Waals surface area contributed by atoms with Gasteiger partial charge in [-0.1, -0.05) is 13.8 Å². The number of ether oxygens (including phenoxy) is 1. The molecule has 1 atom stereocenters. The lowest BCUT2D eigenvalue weighted by atomic mass is 9.78. The van der Waals surface area contributed by atoms with Crippen molar-refractivity contribution in [2.24, 2.45) is 16.7 Å². The molecule has 0 aromatic carbocycles. The molecule has 0 aromatic heterocycles. The molecule has 2 fully saturated rings. The SMILES string of the molecule is CCOC(=O)C(C)CCC12CCC(C)(CC1)C2. The molecule has 98 valence electrons. The summed E-state index contributed by atoms with van der Waals surface area (Å²) in [7, 11) is 0. The minimum Gasteiger partial charge on any atom is -0.466 e. The number of hydrogen-bond acceptors (Lipinski definition) is 2. The van der Waals surface area contributed by atoms with Crippen LogP contribution in [0.5, 0.6) is 0 Å². The Morgan fingerprint density at radius 3 is 2.41 bits per heavy atom. The summed E-state index contributed by atoms with van der Waals surface area (Å²) in [4.78, 5) is 11.6. The normalized spacial score (nSPS) is 37.1. The lowest BCUT2D eigenvalue weighted by Crippen LogP contribution is -2.20. The second-order valence-corrected chi connectivity index (χ2v) is 6.68. The van der Waals surface area contributed by atoms with E-state index < -0.39 is 0 Å². The Kier molecular flexibility index (Phi) is 3.51. The zero-order valence-electron chi connectivity index (χ0n) is 11.6. The molecular formula is C15H26O2. The van der Waals surface area contributed by atoms with Gasteiger partial charge in [0.05, 0.1) is 12.5 Å². The average Bonchev–Trinajstić information content (AvgIpc) is 2.80. The van der Waals surface area contributed by atoms with Crippen molar-refractivity contribution in [2.75, 3.05) is 6.61 Å². The maximum atomic E-state index is 11.6. The van der Waals surface area contributed by atoms with Crippen LogP contribution in [0.1, 0.15) is 65.7 Å². The van der Waals surface area contributed by atoms with Crippen LogP contribution in [0.3, 0.4) is 0 Å². The summed E-state index contributed by atoms with van der Waals surface area (Å²) < 4.78 is 5.08. The van der Waals surface area contributed by atoms with E-state index in [1.54, 1.807) is 0 Å². The van der Waals surface area contributed by atoms with E-state index in [-0.39, 0.29) is 11.9 Å². The van der Waals surface area contributed by atoms with Crippen molar-refractivity contribution < 1.29 is 9.53 Å². The standard InChI is InChI=1S/C15H26O2/c1-4-17-13(16)12(2)5-6-15-9-7-14(3,11-15)8-10-15/h12H,4-11H2,1-3H3. The molecule has 2 nitrogen and oxygen atoms in total.